The standard InChI is InChI=1S/C20H13F6NO2/c21-11-7-13(16(23)14(22)8-11)18-17(28)15(19(29-18)27-12-4-5-12)9-2-1-3-10(6-9)20(24,25)26/h1-3,6-8,12,27-28H,4-5H2. The molecule has 3 nitrogen and oxygen atoms in total. The molecule has 1 saturated carbocycles. The minimum absolute atomic E-state index is 0.0351. The molecule has 0 aliphatic heterocycles. The highest BCUT2D eigenvalue weighted by molar-refractivity contribution is 5.87. The summed E-state index contributed by atoms with van der Waals surface area (Å²) in [5.41, 5.74) is -1.84. The molecule has 1 aromatic heterocycles. The van der Waals surface area contributed by atoms with Gasteiger partial charge in [0, 0.05) is 12.1 Å². The van der Waals surface area contributed by atoms with Gasteiger partial charge in [0.15, 0.2) is 23.1 Å². The van der Waals surface area contributed by atoms with Crippen LogP contribution in [-0.2, 0) is 6.18 Å². The molecule has 29 heavy (non-hydrogen) atoms. The van der Waals surface area contributed by atoms with Crippen molar-refractivity contribution >= 4 is 5.88 Å². The molecule has 1 aliphatic carbocycles. The minimum atomic E-state index is -4.62. The molecule has 2 N–H and O–H groups in total. The van der Waals surface area contributed by atoms with Gasteiger partial charge in [-0.25, -0.2) is 13.2 Å². The number of anilines is 1. The van der Waals surface area contributed by atoms with Gasteiger partial charge in [-0.05, 0) is 36.6 Å². The Morgan fingerprint density at radius 2 is 1.76 bits per heavy atom. The molecule has 0 saturated heterocycles. The predicted octanol–water partition coefficient (Wildman–Crippen LogP) is 6.33. The predicted molar refractivity (Wildman–Crippen MR) is 92.8 cm³/mol. The maximum atomic E-state index is 14.2. The van der Waals surface area contributed by atoms with E-state index in [1.165, 1.54) is 6.07 Å². The molecule has 0 amide bonds. The summed E-state index contributed by atoms with van der Waals surface area (Å²) in [5, 5.41) is 13.5. The van der Waals surface area contributed by atoms with E-state index < -0.39 is 46.3 Å². The molecule has 0 radical (unpaired) electrons. The first-order valence-electron chi connectivity index (χ1n) is 8.60. The first-order chi connectivity index (χ1) is 13.6. The minimum Gasteiger partial charge on any atom is -0.504 e. The van der Waals surface area contributed by atoms with Gasteiger partial charge in [0.25, 0.3) is 0 Å². The van der Waals surface area contributed by atoms with E-state index in [9.17, 15) is 31.4 Å². The van der Waals surface area contributed by atoms with Crippen LogP contribution in [0.1, 0.15) is 18.4 Å². The van der Waals surface area contributed by atoms with Crippen LogP contribution in [0.2, 0.25) is 0 Å². The van der Waals surface area contributed by atoms with Gasteiger partial charge in [-0.1, -0.05) is 12.1 Å². The molecule has 1 aliphatic rings. The molecular weight excluding hydrogens is 400 g/mol. The Bertz CT molecular complexity index is 1090. The topological polar surface area (TPSA) is 45.4 Å². The van der Waals surface area contributed by atoms with Gasteiger partial charge in [-0.3, -0.25) is 0 Å². The summed E-state index contributed by atoms with van der Waals surface area (Å²) in [6.07, 6.45) is -3.09. The molecule has 0 bridgehead atoms. The van der Waals surface area contributed by atoms with E-state index in [0.29, 0.717) is 12.1 Å². The highest BCUT2D eigenvalue weighted by atomic mass is 19.4. The SMILES string of the molecule is Oc1c(-c2cc(F)cc(F)c2F)oc(NC2CC2)c1-c1cccc(C(F)(F)F)c1. The van der Waals surface area contributed by atoms with Crippen LogP contribution >= 0.6 is 0 Å². The quantitative estimate of drug-likeness (QED) is 0.388. The van der Waals surface area contributed by atoms with E-state index in [-0.39, 0.29) is 23.1 Å². The zero-order chi connectivity index (χ0) is 20.9. The Hall–Kier alpha value is -3.10. The molecule has 3 aromatic rings. The van der Waals surface area contributed by atoms with Gasteiger partial charge in [0.1, 0.15) is 5.82 Å². The maximum Gasteiger partial charge on any atom is 0.416 e. The molecule has 1 heterocycles. The van der Waals surface area contributed by atoms with Gasteiger partial charge in [-0.2, -0.15) is 13.2 Å². The van der Waals surface area contributed by atoms with Crippen molar-refractivity contribution in [1.82, 2.24) is 0 Å². The molecule has 4 rings (SSSR count). The Balaban J connectivity index is 1.91. The number of furan rings is 1. The lowest BCUT2D eigenvalue weighted by molar-refractivity contribution is -0.137. The first-order valence-corrected chi connectivity index (χ1v) is 8.60. The van der Waals surface area contributed by atoms with Gasteiger partial charge in [-0.15, -0.1) is 0 Å². The van der Waals surface area contributed by atoms with Crippen molar-refractivity contribution in [3.05, 3.63) is 59.4 Å². The van der Waals surface area contributed by atoms with Gasteiger partial charge in [0.05, 0.1) is 16.7 Å². The number of hydrogen-bond acceptors (Lipinski definition) is 3. The second-order valence-electron chi connectivity index (χ2n) is 6.73. The molecule has 0 atom stereocenters. The molecule has 1 fully saturated rings. The smallest absolute Gasteiger partial charge is 0.416 e. The molecule has 0 unspecified atom stereocenters. The third-order valence-electron chi connectivity index (χ3n) is 4.51. The van der Waals surface area contributed by atoms with Crippen LogP contribution in [0.3, 0.4) is 0 Å². The summed E-state index contributed by atoms with van der Waals surface area (Å²) in [7, 11) is 0. The number of nitrogens with one attached hydrogen (secondary N) is 1. The van der Waals surface area contributed by atoms with Crippen LogP contribution in [0, 0.1) is 17.5 Å². The summed E-state index contributed by atoms with van der Waals surface area (Å²) >= 11 is 0. The van der Waals surface area contributed by atoms with E-state index >= 15 is 0 Å². The van der Waals surface area contributed by atoms with E-state index in [4.69, 9.17) is 4.42 Å². The van der Waals surface area contributed by atoms with Gasteiger partial charge in [0.2, 0.25) is 5.88 Å². The lowest BCUT2D eigenvalue weighted by atomic mass is 10.0. The Morgan fingerprint density at radius 3 is 2.41 bits per heavy atom. The lowest BCUT2D eigenvalue weighted by Crippen LogP contribution is -2.05. The second-order valence-corrected chi connectivity index (χ2v) is 6.73. The largest absolute Gasteiger partial charge is 0.504 e. The summed E-state index contributed by atoms with van der Waals surface area (Å²) in [6, 6.07) is 5.04. The van der Waals surface area contributed by atoms with Crippen LogP contribution in [-0.4, -0.2) is 11.1 Å². The molecule has 2 aromatic carbocycles. The number of alkyl halides is 3. The monoisotopic (exact) mass is 413 g/mol. The number of aromatic hydroxyl groups is 1. The zero-order valence-corrected chi connectivity index (χ0v) is 14.6. The number of rotatable bonds is 4. The lowest BCUT2D eigenvalue weighted by Gasteiger charge is -2.09. The number of benzene rings is 2. The Kier molecular flexibility index (Phi) is 4.48. The summed E-state index contributed by atoms with van der Waals surface area (Å²) in [5.74, 6) is -5.47. The molecule has 9 heteroatoms. The average molecular weight is 413 g/mol. The van der Waals surface area contributed by atoms with Crippen molar-refractivity contribution in [3.63, 3.8) is 0 Å². The van der Waals surface area contributed by atoms with E-state index in [0.717, 1.165) is 31.0 Å². The van der Waals surface area contributed by atoms with Crippen molar-refractivity contribution in [1.29, 1.82) is 0 Å². The number of hydrogen-bond donors (Lipinski definition) is 2. The molecule has 0 spiro atoms. The van der Waals surface area contributed by atoms with Gasteiger partial charge >= 0.3 is 6.18 Å². The number of halogens is 6. The van der Waals surface area contributed by atoms with E-state index in [1.807, 2.05) is 0 Å². The van der Waals surface area contributed by atoms with Crippen LogP contribution in [0.15, 0.2) is 40.8 Å². The fourth-order valence-corrected chi connectivity index (χ4v) is 2.96. The van der Waals surface area contributed by atoms with Crippen molar-refractivity contribution in [2.75, 3.05) is 5.32 Å². The van der Waals surface area contributed by atoms with Crippen LogP contribution in [0.5, 0.6) is 5.75 Å². The maximum absolute atomic E-state index is 14.2. The molecule has 152 valence electrons. The normalized spacial score (nSPS) is 14.3. The highest BCUT2D eigenvalue weighted by Gasteiger charge is 2.33. The van der Waals surface area contributed by atoms with Crippen LogP contribution in [0.4, 0.5) is 32.2 Å². The van der Waals surface area contributed by atoms with Gasteiger partial charge < -0.3 is 14.8 Å². The van der Waals surface area contributed by atoms with Crippen LogP contribution in [0.25, 0.3) is 22.5 Å². The van der Waals surface area contributed by atoms with Crippen LogP contribution < -0.4 is 5.32 Å². The molecular formula is C20H13F6NO2. The Morgan fingerprint density at radius 1 is 1.03 bits per heavy atom. The van der Waals surface area contributed by atoms with Crippen molar-refractivity contribution in [3.8, 4) is 28.2 Å². The Labute approximate surface area is 160 Å². The zero-order valence-electron chi connectivity index (χ0n) is 14.6. The highest BCUT2D eigenvalue weighted by Crippen LogP contribution is 2.49. The second kappa shape index (κ2) is 6.75. The summed E-state index contributed by atoms with van der Waals surface area (Å²) < 4.78 is 86.1. The third-order valence-corrected chi connectivity index (χ3v) is 4.51. The van der Waals surface area contributed by atoms with E-state index in [2.05, 4.69) is 5.32 Å². The fourth-order valence-electron chi connectivity index (χ4n) is 2.96. The summed E-state index contributed by atoms with van der Waals surface area (Å²) in [6.45, 7) is 0. The first kappa shape index (κ1) is 19.2. The van der Waals surface area contributed by atoms with Crippen molar-refractivity contribution < 1.29 is 35.9 Å². The van der Waals surface area contributed by atoms with Crippen molar-refractivity contribution in [2.45, 2.75) is 25.1 Å². The summed E-state index contributed by atoms with van der Waals surface area (Å²) in [4.78, 5) is 0. The fraction of sp³-hybridized carbons (Fsp3) is 0.200. The third kappa shape index (κ3) is 3.64. The van der Waals surface area contributed by atoms with Crippen molar-refractivity contribution in [2.24, 2.45) is 0 Å². The van der Waals surface area contributed by atoms with E-state index in [1.54, 1.807) is 0 Å². The average Bonchev–Trinajstić information content (AvgIpc) is 3.40.